The van der Waals surface area contributed by atoms with Gasteiger partial charge in [0.25, 0.3) is 0 Å². The van der Waals surface area contributed by atoms with Gasteiger partial charge in [-0.25, -0.2) is 0 Å². The maximum Gasteiger partial charge on any atom is 0.122 e. The Labute approximate surface area is 205 Å². The third kappa shape index (κ3) is 6.35. The van der Waals surface area contributed by atoms with E-state index in [0.717, 1.165) is 23.8 Å². The van der Waals surface area contributed by atoms with Crippen LogP contribution >= 0.6 is 15.8 Å². The van der Waals surface area contributed by atoms with Crippen molar-refractivity contribution in [2.24, 2.45) is 0 Å². The van der Waals surface area contributed by atoms with Crippen LogP contribution in [0.2, 0.25) is 0 Å². The summed E-state index contributed by atoms with van der Waals surface area (Å²) in [5.41, 5.74) is 2.50. The molecule has 34 heavy (non-hydrogen) atoms. The van der Waals surface area contributed by atoms with Crippen molar-refractivity contribution in [3.63, 3.8) is 0 Å². The molecule has 0 heterocycles. The normalized spacial score (nSPS) is 12.9. The van der Waals surface area contributed by atoms with E-state index in [1.165, 1.54) is 21.7 Å². The highest BCUT2D eigenvalue weighted by Crippen LogP contribution is 2.48. The van der Waals surface area contributed by atoms with E-state index in [-0.39, 0.29) is 0 Å². The molecular weight excluding hydrogens is 454 g/mol. The fraction of sp³-hybridized carbons (Fsp3) is 0.133. The monoisotopic (exact) mass is 484 g/mol. The molecule has 0 N–H and O–H groups in total. The lowest BCUT2D eigenvalue weighted by Gasteiger charge is -2.19. The molecule has 4 rings (SSSR count). The molecule has 4 aromatic rings. The van der Waals surface area contributed by atoms with E-state index in [0.29, 0.717) is 0 Å². The van der Waals surface area contributed by atoms with Gasteiger partial charge in [0.05, 0.1) is 14.2 Å². The van der Waals surface area contributed by atoms with Crippen LogP contribution in [0.3, 0.4) is 0 Å². The summed E-state index contributed by atoms with van der Waals surface area (Å²) in [5, 5.41) is 2.75. The number of ether oxygens (including phenoxy) is 2. The first-order valence-electron chi connectivity index (χ1n) is 11.3. The Bertz CT molecular complexity index is 1100. The van der Waals surface area contributed by atoms with Crippen LogP contribution < -0.4 is 20.1 Å². The van der Waals surface area contributed by atoms with Gasteiger partial charge in [-0.05, 0) is 49.7 Å². The van der Waals surface area contributed by atoms with Gasteiger partial charge in [-0.15, -0.1) is 0 Å². The maximum atomic E-state index is 5.66. The van der Waals surface area contributed by atoms with Crippen molar-refractivity contribution in [1.29, 1.82) is 0 Å². The minimum Gasteiger partial charge on any atom is -0.496 e. The molecule has 0 aliphatic carbocycles. The molecule has 4 heteroatoms. The van der Waals surface area contributed by atoms with Crippen LogP contribution in [0.5, 0.6) is 11.5 Å². The zero-order valence-electron chi connectivity index (χ0n) is 19.7. The Kier molecular flexibility index (Phi) is 8.91. The van der Waals surface area contributed by atoms with Gasteiger partial charge in [0.2, 0.25) is 0 Å². The summed E-state index contributed by atoms with van der Waals surface area (Å²) in [5.74, 6) is 6.84. The SMILES string of the molecule is COc1ccccc1CP(/C=C/P(Cc1ccccc1OC)c1ccccc1)c1ccccc1. The van der Waals surface area contributed by atoms with Crippen molar-refractivity contribution < 1.29 is 9.47 Å². The average Bonchev–Trinajstić information content (AvgIpc) is 2.91. The van der Waals surface area contributed by atoms with E-state index in [9.17, 15) is 0 Å². The highest BCUT2D eigenvalue weighted by molar-refractivity contribution is 7.71. The van der Waals surface area contributed by atoms with Crippen molar-refractivity contribution in [3.05, 3.63) is 132 Å². The number of hydrogen-bond acceptors (Lipinski definition) is 2. The molecule has 2 atom stereocenters. The molecular formula is C30H30O2P2. The van der Waals surface area contributed by atoms with Crippen molar-refractivity contribution in [2.45, 2.75) is 12.3 Å². The molecule has 0 bridgehead atoms. The fourth-order valence-corrected chi connectivity index (χ4v) is 8.47. The summed E-state index contributed by atoms with van der Waals surface area (Å²) in [4.78, 5) is 0. The Morgan fingerprint density at radius 2 is 0.853 bits per heavy atom. The Hall–Kier alpha value is -2.92. The third-order valence-electron chi connectivity index (χ3n) is 5.67. The molecule has 2 nitrogen and oxygen atoms in total. The van der Waals surface area contributed by atoms with E-state index >= 15 is 0 Å². The van der Waals surface area contributed by atoms with Gasteiger partial charge in [-0.3, -0.25) is 0 Å². The van der Waals surface area contributed by atoms with Gasteiger partial charge in [0.15, 0.2) is 0 Å². The number of rotatable bonds is 10. The first kappa shape index (κ1) is 24.2. The number of para-hydroxylation sites is 2. The molecule has 0 spiro atoms. The average molecular weight is 485 g/mol. The zero-order valence-corrected chi connectivity index (χ0v) is 21.5. The molecule has 4 aromatic carbocycles. The highest BCUT2D eigenvalue weighted by Gasteiger charge is 2.15. The summed E-state index contributed by atoms with van der Waals surface area (Å²) in [6, 6.07) is 38.4. The summed E-state index contributed by atoms with van der Waals surface area (Å²) in [6.07, 6.45) is 1.90. The van der Waals surface area contributed by atoms with Crippen LogP contribution in [0.25, 0.3) is 0 Å². The first-order chi connectivity index (χ1) is 16.8. The molecule has 0 aliphatic rings. The van der Waals surface area contributed by atoms with Crippen LogP contribution in [0, 0.1) is 0 Å². The topological polar surface area (TPSA) is 18.5 Å². The van der Waals surface area contributed by atoms with Gasteiger partial charge < -0.3 is 9.47 Å². The predicted octanol–water partition coefficient (Wildman–Crippen LogP) is 7.49. The van der Waals surface area contributed by atoms with Crippen LogP contribution in [0.4, 0.5) is 0 Å². The summed E-state index contributed by atoms with van der Waals surface area (Å²) >= 11 is 0. The van der Waals surface area contributed by atoms with Gasteiger partial charge in [0, 0.05) is 12.3 Å². The Balaban J connectivity index is 1.68. The highest BCUT2D eigenvalue weighted by atomic mass is 31.1. The number of benzene rings is 4. The smallest absolute Gasteiger partial charge is 0.122 e. The molecule has 0 saturated carbocycles. The first-order valence-corrected chi connectivity index (χ1v) is 14.5. The van der Waals surface area contributed by atoms with E-state index in [1.54, 1.807) is 14.2 Å². The van der Waals surface area contributed by atoms with Crippen molar-refractivity contribution >= 4 is 26.5 Å². The molecule has 0 radical (unpaired) electrons. The molecule has 0 aliphatic heterocycles. The second kappa shape index (κ2) is 12.5. The van der Waals surface area contributed by atoms with Crippen molar-refractivity contribution in [1.82, 2.24) is 0 Å². The standard InChI is InChI=1S/C30H30O2P2/c1-31-29-19-11-9-13-25(29)23-33(27-15-5-3-6-16-27)21-22-34(28-17-7-4-8-18-28)24-26-14-10-12-20-30(26)32-2/h3-22H,23-24H2,1-2H3/b22-21+. The minimum atomic E-state index is -0.538. The van der Waals surface area contributed by atoms with Crippen molar-refractivity contribution in [3.8, 4) is 11.5 Å². The summed E-state index contributed by atoms with van der Waals surface area (Å²) in [6.45, 7) is 0. The maximum absolute atomic E-state index is 5.66. The van der Waals surface area contributed by atoms with Crippen LogP contribution in [0.15, 0.2) is 121 Å². The Morgan fingerprint density at radius 3 is 1.24 bits per heavy atom. The molecule has 2 unspecified atom stereocenters. The lowest BCUT2D eigenvalue weighted by Crippen LogP contribution is -2.03. The molecule has 0 amide bonds. The molecule has 0 aromatic heterocycles. The van der Waals surface area contributed by atoms with E-state index in [1.807, 2.05) is 12.1 Å². The van der Waals surface area contributed by atoms with Crippen LogP contribution in [-0.4, -0.2) is 14.2 Å². The molecule has 172 valence electrons. The van der Waals surface area contributed by atoms with Crippen LogP contribution in [-0.2, 0) is 12.3 Å². The Morgan fingerprint density at radius 1 is 0.500 bits per heavy atom. The zero-order chi connectivity index (χ0) is 23.6. The largest absolute Gasteiger partial charge is 0.496 e. The second-order valence-electron chi connectivity index (χ2n) is 7.85. The van der Waals surface area contributed by atoms with Gasteiger partial charge in [-0.2, -0.15) is 0 Å². The lowest BCUT2D eigenvalue weighted by atomic mass is 10.2. The van der Waals surface area contributed by atoms with E-state index in [2.05, 4.69) is 109 Å². The summed E-state index contributed by atoms with van der Waals surface area (Å²) < 4.78 is 11.3. The lowest BCUT2D eigenvalue weighted by molar-refractivity contribution is 0.411. The second-order valence-corrected chi connectivity index (χ2v) is 12.0. The van der Waals surface area contributed by atoms with Gasteiger partial charge >= 0.3 is 0 Å². The molecule has 0 fully saturated rings. The summed E-state index contributed by atoms with van der Waals surface area (Å²) in [7, 11) is 2.43. The molecule has 0 saturated heterocycles. The van der Waals surface area contributed by atoms with Crippen LogP contribution in [0.1, 0.15) is 11.1 Å². The van der Waals surface area contributed by atoms with E-state index < -0.39 is 15.8 Å². The fourth-order valence-electron chi connectivity index (χ4n) is 3.89. The van der Waals surface area contributed by atoms with Crippen molar-refractivity contribution in [2.75, 3.05) is 14.2 Å². The van der Waals surface area contributed by atoms with E-state index in [4.69, 9.17) is 9.47 Å². The quantitative estimate of drug-likeness (QED) is 0.217. The minimum absolute atomic E-state index is 0.538. The van der Waals surface area contributed by atoms with Gasteiger partial charge in [-0.1, -0.05) is 109 Å². The van der Waals surface area contributed by atoms with Gasteiger partial charge in [0.1, 0.15) is 11.5 Å². The third-order valence-corrected chi connectivity index (χ3v) is 10.2. The number of hydrogen-bond donors (Lipinski definition) is 0. The predicted molar refractivity (Wildman–Crippen MR) is 149 cm³/mol. The number of methoxy groups -OCH3 is 2.